The van der Waals surface area contributed by atoms with Crippen molar-refractivity contribution in [2.75, 3.05) is 25.6 Å². The van der Waals surface area contributed by atoms with Crippen molar-refractivity contribution in [3.8, 4) is 0 Å². The third-order valence-corrected chi connectivity index (χ3v) is 3.02. The Morgan fingerprint density at radius 1 is 1.48 bits per heavy atom. The van der Waals surface area contributed by atoms with E-state index in [9.17, 15) is 23.7 Å². The molecule has 116 valence electrons. The minimum atomic E-state index is -2.85. The number of hydrogen-bond acceptors (Lipinski definition) is 5. The number of ether oxygens (including phenoxy) is 1. The highest BCUT2D eigenvalue weighted by Crippen LogP contribution is 2.32. The van der Waals surface area contributed by atoms with Gasteiger partial charge in [0.2, 0.25) is 0 Å². The lowest BCUT2D eigenvalue weighted by atomic mass is 10.1. The van der Waals surface area contributed by atoms with E-state index in [1.54, 1.807) is 6.92 Å². The quantitative estimate of drug-likeness (QED) is 0.459. The monoisotopic (exact) mass is 302 g/mol. The molecule has 0 amide bonds. The number of non-ortho nitro benzene ring substituents is 1. The Morgan fingerprint density at radius 2 is 2.10 bits per heavy atom. The van der Waals surface area contributed by atoms with Crippen molar-refractivity contribution in [2.24, 2.45) is 5.92 Å². The summed E-state index contributed by atoms with van der Waals surface area (Å²) in [5.41, 5.74) is -0.696. The summed E-state index contributed by atoms with van der Waals surface area (Å²) in [5.74, 6) is -0.969. The van der Waals surface area contributed by atoms with Gasteiger partial charge in [-0.3, -0.25) is 14.9 Å². The zero-order chi connectivity index (χ0) is 16.2. The first-order chi connectivity index (χ1) is 9.77. The molecule has 0 aliphatic carbocycles. The van der Waals surface area contributed by atoms with Crippen molar-refractivity contribution in [3.05, 3.63) is 33.9 Å². The molecular weight excluding hydrogens is 286 g/mol. The first-order valence-corrected chi connectivity index (χ1v) is 6.13. The van der Waals surface area contributed by atoms with Crippen molar-refractivity contribution in [1.29, 1.82) is 0 Å². The Hall–Kier alpha value is -2.25. The third kappa shape index (κ3) is 4.11. The Balaban J connectivity index is 3.06. The number of anilines is 1. The summed E-state index contributed by atoms with van der Waals surface area (Å²) >= 11 is 0. The van der Waals surface area contributed by atoms with E-state index < -0.39 is 34.5 Å². The average molecular weight is 302 g/mol. The normalized spacial score (nSPS) is 12.1. The first kappa shape index (κ1) is 16.8. The van der Waals surface area contributed by atoms with Gasteiger partial charge in [-0.2, -0.15) is 0 Å². The lowest BCUT2D eigenvalue weighted by Crippen LogP contribution is -2.30. The number of alkyl halides is 2. The van der Waals surface area contributed by atoms with Gasteiger partial charge in [0, 0.05) is 37.0 Å². The van der Waals surface area contributed by atoms with Crippen LogP contribution in [0.3, 0.4) is 0 Å². The Morgan fingerprint density at radius 3 is 2.57 bits per heavy atom. The van der Waals surface area contributed by atoms with E-state index in [4.69, 9.17) is 0 Å². The van der Waals surface area contributed by atoms with Crippen LogP contribution in [-0.4, -0.2) is 31.6 Å². The second-order valence-electron chi connectivity index (χ2n) is 4.61. The molecule has 0 bridgehead atoms. The van der Waals surface area contributed by atoms with Gasteiger partial charge in [0.15, 0.2) is 0 Å². The molecule has 0 heterocycles. The van der Waals surface area contributed by atoms with E-state index in [2.05, 4.69) is 4.74 Å². The zero-order valence-corrected chi connectivity index (χ0v) is 11.9. The highest BCUT2D eigenvalue weighted by molar-refractivity contribution is 5.73. The topological polar surface area (TPSA) is 72.7 Å². The number of carbonyl (C=O) groups is 1. The lowest BCUT2D eigenvalue weighted by molar-refractivity contribution is -0.385. The number of nitrogens with zero attached hydrogens (tertiary/aromatic N) is 2. The van der Waals surface area contributed by atoms with E-state index in [0.717, 1.165) is 12.1 Å². The van der Waals surface area contributed by atoms with Gasteiger partial charge < -0.3 is 9.64 Å². The highest BCUT2D eigenvalue weighted by Gasteiger charge is 2.22. The molecule has 21 heavy (non-hydrogen) atoms. The molecule has 8 heteroatoms. The molecule has 0 aliphatic rings. The molecule has 6 nitrogen and oxygen atoms in total. The molecule has 0 fully saturated rings. The van der Waals surface area contributed by atoms with Gasteiger partial charge >= 0.3 is 5.97 Å². The number of methoxy groups -OCH3 is 1. The molecule has 1 aromatic carbocycles. The van der Waals surface area contributed by atoms with Crippen LogP contribution in [0.1, 0.15) is 18.9 Å². The van der Waals surface area contributed by atoms with Crippen LogP contribution >= 0.6 is 0 Å². The number of nitro groups is 1. The SMILES string of the molecule is COC(=O)C(C)CN(C)c1ccc([N+](=O)[O-])cc1C(F)F. The number of carbonyl (C=O) groups excluding carboxylic acids is 1. The van der Waals surface area contributed by atoms with Crippen LogP contribution in [0, 0.1) is 16.0 Å². The summed E-state index contributed by atoms with van der Waals surface area (Å²) in [5, 5.41) is 10.6. The molecule has 0 aromatic heterocycles. The predicted octanol–water partition coefficient (Wildman–Crippen LogP) is 2.78. The van der Waals surface area contributed by atoms with E-state index in [1.807, 2.05) is 0 Å². The summed E-state index contributed by atoms with van der Waals surface area (Å²) in [6, 6.07) is 3.25. The molecule has 1 atom stereocenters. The standard InChI is InChI=1S/C13H16F2N2O4/c1-8(13(18)21-3)7-16(2)11-5-4-9(17(19)20)6-10(11)12(14)15/h4-6,8,12H,7H2,1-3H3. The molecule has 0 aliphatic heterocycles. The number of nitro benzene ring substituents is 1. The minimum absolute atomic E-state index is 0.145. The van der Waals surface area contributed by atoms with Gasteiger partial charge in [-0.25, -0.2) is 8.78 Å². The molecular formula is C13H16F2N2O4. The van der Waals surface area contributed by atoms with Gasteiger partial charge in [-0.1, -0.05) is 6.92 Å². The van der Waals surface area contributed by atoms with Gasteiger partial charge in [-0.15, -0.1) is 0 Å². The number of halogens is 2. The predicted molar refractivity (Wildman–Crippen MR) is 72.5 cm³/mol. The number of esters is 1. The van der Waals surface area contributed by atoms with Crippen molar-refractivity contribution >= 4 is 17.3 Å². The first-order valence-electron chi connectivity index (χ1n) is 6.13. The summed E-state index contributed by atoms with van der Waals surface area (Å²) < 4.78 is 30.7. The maximum Gasteiger partial charge on any atom is 0.310 e. The van der Waals surface area contributed by atoms with E-state index in [1.165, 1.54) is 25.1 Å². The second kappa shape index (κ2) is 6.96. The maximum atomic E-state index is 13.1. The van der Waals surface area contributed by atoms with Crippen LogP contribution < -0.4 is 4.90 Å². The summed E-state index contributed by atoms with van der Waals surface area (Å²) in [6.07, 6.45) is -2.85. The lowest BCUT2D eigenvalue weighted by Gasteiger charge is -2.24. The molecule has 0 N–H and O–H groups in total. The summed E-state index contributed by atoms with van der Waals surface area (Å²) in [7, 11) is 2.78. The van der Waals surface area contributed by atoms with Crippen molar-refractivity contribution < 1.29 is 23.2 Å². The number of benzene rings is 1. The molecule has 1 unspecified atom stereocenters. The minimum Gasteiger partial charge on any atom is -0.469 e. The van der Waals surface area contributed by atoms with Crippen molar-refractivity contribution in [1.82, 2.24) is 0 Å². The van der Waals surface area contributed by atoms with Crippen LogP contribution in [0.25, 0.3) is 0 Å². The third-order valence-electron chi connectivity index (χ3n) is 3.02. The Kier molecular flexibility index (Phi) is 5.57. The number of hydrogen-bond donors (Lipinski definition) is 0. The summed E-state index contributed by atoms with van der Waals surface area (Å²) in [6.45, 7) is 1.76. The summed E-state index contributed by atoms with van der Waals surface area (Å²) in [4.78, 5) is 22.7. The van der Waals surface area contributed by atoms with Crippen molar-refractivity contribution in [3.63, 3.8) is 0 Å². The van der Waals surface area contributed by atoms with Gasteiger partial charge in [0.1, 0.15) is 0 Å². The van der Waals surface area contributed by atoms with Crippen LogP contribution in [0.2, 0.25) is 0 Å². The second-order valence-corrected chi connectivity index (χ2v) is 4.61. The van der Waals surface area contributed by atoms with Crippen LogP contribution in [0.4, 0.5) is 20.2 Å². The van der Waals surface area contributed by atoms with Gasteiger partial charge in [0.05, 0.1) is 18.0 Å². The van der Waals surface area contributed by atoms with Crippen LogP contribution in [-0.2, 0) is 9.53 Å². The molecule has 0 saturated heterocycles. The average Bonchev–Trinajstić information content (AvgIpc) is 2.45. The van der Waals surface area contributed by atoms with Crippen LogP contribution in [0.5, 0.6) is 0 Å². The van der Waals surface area contributed by atoms with E-state index in [0.29, 0.717) is 0 Å². The van der Waals surface area contributed by atoms with Crippen molar-refractivity contribution in [2.45, 2.75) is 13.3 Å². The zero-order valence-electron chi connectivity index (χ0n) is 11.9. The molecule has 0 saturated carbocycles. The maximum absolute atomic E-state index is 13.1. The number of rotatable bonds is 6. The molecule has 0 spiro atoms. The van der Waals surface area contributed by atoms with E-state index in [-0.39, 0.29) is 12.2 Å². The Bertz CT molecular complexity index is 537. The molecule has 0 radical (unpaired) electrons. The Labute approximate surface area is 120 Å². The molecule has 1 aromatic rings. The largest absolute Gasteiger partial charge is 0.469 e. The fourth-order valence-corrected chi connectivity index (χ4v) is 1.96. The highest BCUT2D eigenvalue weighted by atomic mass is 19.3. The van der Waals surface area contributed by atoms with Crippen LogP contribution in [0.15, 0.2) is 18.2 Å². The van der Waals surface area contributed by atoms with Gasteiger partial charge in [0.25, 0.3) is 12.1 Å². The smallest absolute Gasteiger partial charge is 0.310 e. The van der Waals surface area contributed by atoms with Gasteiger partial charge in [-0.05, 0) is 6.07 Å². The fraction of sp³-hybridized carbons (Fsp3) is 0.462. The molecule has 1 rings (SSSR count). The fourth-order valence-electron chi connectivity index (χ4n) is 1.96. The van der Waals surface area contributed by atoms with E-state index >= 15 is 0 Å².